The summed E-state index contributed by atoms with van der Waals surface area (Å²) in [7, 11) is 9.60. The van der Waals surface area contributed by atoms with E-state index in [1.54, 1.807) is 7.11 Å². The van der Waals surface area contributed by atoms with E-state index in [2.05, 4.69) is 19.1 Å². The van der Waals surface area contributed by atoms with Gasteiger partial charge in [0.2, 0.25) is 5.95 Å². The fourth-order valence-electron chi connectivity index (χ4n) is 2.84. The van der Waals surface area contributed by atoms with Gasteiger partial charge in [-0.2, -0.15) is 9.67 Å². The summed E-state index contributed by atoms with van der Waals surface area (Å²) in [6.45, 7) is 6.99. The average molecular weight is 390 g/mol. The van der Waals surface area contributed by atoms with Crippen molar-refractivity contribution in [2.75, 3.05) is 32.2 Å². The maximum atomic E-state index is 5.94. The Bertz CT molecular complexity index is 931. The lowest BCUT2D eigenvalue weighted by Crippen LogP contribution is -2.28. The largest absolute Gasteiger partial charge is 0.498 e. The second kappa shape index (κ2) is 8.70. The number of methoxy groups -OCH3 is 1. The molecule has 0 bridgehead atoms. The highest BCUT2D eigenvalue weighted by atomic mass is 16.5. The Morgan fingerprint density at radius 3 is 2.31 bits per heavy atom. The van der Waals surface area contributed by atoms with E-state index in [0.29, 0.717) is 24.7 Å². The maximum Gasteiger partial charge on any atom is 0.229 e. The maximum absolute atomic E-state index is 5.94. The van der Waals surface area contributed by atoms with Gasteiger partial charge in [0.25, 0.3) is 0 Å². The van der Waals surface area contributed by atoms with E-state index < -0.39 is 5.50 Å². The highest BCUT2D eigenvalue weighted by Gasteiger charge is 2.17. The molecule has 150 valence electrons. The molecule has 0 spiro atoms. The molecule has 0 saturated heterocycles. The van der Waals surface area contributed by atoms with Gasteiger partial charge in [-0.3, -0.25) is 0 Å². The van der Waals surface area contributed by atoms with E-state index in [1.165, 1.54) is 5.56 Å². The Labute approximate surface area is 173 Å². The first-order chi connectivity index (χ1) is 13.8. The smallest absolute Gasteiger partial charge is 0.229 e. The molecule has 0 atom stereocenters. The second-order valence-electron chi connectivity index (χ2n) is 7.63. The van der Waals surface area contributed by atoms with Gasteiger partial charge in [0.15, 0.2) is 5.82 Å². The minimum absolute atomic E-state index is 0.599. The molecule has 0 unspecified atom stereocenters. The number of aryl methyl sites for hydroxylation is 1. The van der Waals surface area contributed by atoms with Crippen LogP contribution in [0.3, 0.4) is 0 Å². The molecule has 0 amide bonds. The van der Waals surface area contributed by atoms with Crippen molar-refractivity contribution in [3.05, 3.63) is 54.1 Å². The zero-order valence-electron chi connectivity index (χ0n) is 17.7. The molecule has 0 fully saturated rings. The van der Waals surface area contributed by atoms with Gasteiger partial charge in [-0.25, -0.2) is 0 Å². The zero-order chi connectivity index (χ0) is 21.0. The van der Waals surface area contributed by atoms with E-state index in [9.17, 15) is 0 Å². The molecule has 0 aliphatic carbocycles. The van der Waals surface area contributed by atoms with Crippen LogP contribution in [0.2, 0.25) is 0 Å². The normalized spacial score (nSPS) is 11.5. The van der Waals surface area contributed by atoms with E-state index in [1.807, 2.05) is 66.9 Å². The van der Waals surface area contributed by atoms with Crippen LogP contribution in [-0.2, 0) is 4.74 Å². The molecule has 2 aromatic carbocycles. The van der Waals surface area contributed by atoms with Crippen molar-refractivity contribution in [3.8, 4) is 22.8 Å². The number of hydrogen-bond acceptors (Lipinski definition) is 5. The summed E-state index contributed by atoms with van der Waals surface area (Å²) >= 11 is 0. The highest BCUT2D eigenvalue weighted by Crippen LogP contribution is 2.25. The molecule has 0 N–H and O–H groups in total. The number of hydrogen-bond donors (Lipinski definition) is 0. The van der Waals surface area contributed by atoms with Crippen molar-refractivity contribution in [2.24, 2.45) is 0 Å². The fraction of sp³-hybridized carbons (Fsp3) is 0.364. The van der Waals surface area contributed by atoms with Crippen LogP contribution < -0.4 is 9.64 Å². The second-order valence-corrected chi connectivity index (χ2v) is 7.63. The Hall–Kier alpha value is -2.80. The van der Waals surface area contributed by atoms with Gasteiger partial charge >= 0.3 is 0 Å². The molecule has 2 radical (unpaired) electrons. The molecular weight excluding hydrogens is 363 g/mol. The topological polar surface area (TPSA) is 52.4 Å². The van der Waals surface area contributed by atoms with E-state index in [0.717, 1.165) is 17.2 Å². The van der Waals surface area contributed by atoms with Gasteiger partial charge in [-0.15, -0.1) is 5.10 Å². The third kappa shape index (κ3) is 5.38. The van der Waals surface area contributed by atoms with Gasteiger partial charge in [0.1, 0.15) is 13.6 Å². The molecule has 0 saturated carbocycles. The van der Waals surface area contributed by atoms with Crippen LogP contribution in [0.1, 0.15) is 19.4 Å². The summed E-state index contributed by atoms with van der Waals surface area (Å²) in [6, 6.07) is 15.9. The lowest BCUT2D eigenvalue weighted by molar-refractivity contribution is 0.198. The highest BCUT2D eigenvalue weighted by molar-refractivity contribution is 6.14. The standard InChI is InChI=1S/C22H27BN4O2/c1-16-6-8-17(9-7-16)20-24-21(26(4)14-15-28-5)27(25-20)18-10-12-19(13-11-18)29-22(2,3)23/h6-13H,14-15H2,1-5H3. The Morgan fingerprint density at radius 2 is 1.72 bits per heavy atom. The lowest BCUT2D eigenvalue weighted by atomic mass is 9.86. The molecular formula is C22H27BN4O2. The van der Waals surface area contributed by atoms with Crippen LogP contribution in [0.15, 0.2) is 48.5 Å². The predicted octanol–water partition coefficient (Wildman–Crippen LogP) is 3.61. The first kappa shape index (κ1) is 20.9. The first-order valence-corrected chi connectivity index (χ1v) is 9.59. The third-order valence-corrected chi connectivity index (χ3v) is 4.33. The SMILES string of the molecule is [B]C(C)(C)Oc1ccc(-n2nc(-c3ccc(C)cc3)nc2N(C)CCOC)cc1. The summed E-state index contributed by atoms with van der Waals surface area (Å²) in [5, 5.41) is 4.77. The quantitative estimate of drug-likeness (QED) is 0.550. The van der Waals surface area contributed by atoms with E-state index in [4.69, 9.17) is 27.4 Å². The number of ether oxygens (including phenoxy) is 2. The monoisotopic (exact) mass is 390 g/mol. The lowest BCUT2D eigenvalue weighted by Gasteiger charge is -2.22. The zero-order valence-corrected chi connectivity index (χ0v) is 17.7. The first-order valence-electron chi connectivity index (χ1n) is 9.59. The molecule has 3 rings (SSSR count). The molecule has 7 heteroatoms. The van der Waals surface area contributed by atoms with Crippen LogP contribution in [-0.4, -0.2) is 55.4 Å². The Balaban J connectivity index is 1.98. The summed E-state index contributed by atoms with van der Waals surface area (Å²) in [6.07, 6.45) is 0. The number of anilines is 1. The fourth-order valence-corrected chi connectivity index (χ4v) is 2.84. The molecule has 0 aliphatic heterocycles. The van der Waals surface area contributed by atoms with Crippen LogP contribution in [0, 0.1) is 6.92 Å². The van der Waals surface area contributed by atoms with Crippen LogP contribution in [0.5, 0.6) is 5.75 Å². The van der Waals surface area contributed by atoms with Gasteiger partial charge < -0.3 is 14.4 Å². The van der Waals surface area contributed by atoms with Crippen molar-refractivity contribution in [3.63, 3.8) is 0 Å². The molecule has 1 heterocycles. The van der Waals surface area contributed by atoms with Crippen LogP contribution in [0.4, 0.5) is 5.95 Å². The van der Waals surface area contributed by atoms with E-state index in [-0.39, 0.29) is 0 Å². The Morgan fingerprint density at radius 1 is 1.07 bits per heavy atom. The van der Waals surface area contributed by atoms with Crippen molar-refractivity contribution in [2.45, 2.75) is 26.3 Å². The van der Waals surface area contributed by atoms with Crippen molar-refractivity contribution in [1.82, 2.24) is 14.8 Å². The summed E-state index contributed by atoms with van der Waals surface area (Å²) in [5.41, 5.74) is 2.32. The summed E-state index contributed by atoms with van der Waals surface area (Å²) < 4.78 is 12.8. The molecule has 6 nitrogen and oxygen atoms in total. The predicted molar refractivity (Wildman–Crippen MR) is 117 cm³/mol. The average Bonchev–Trinajstić information content (AvgIpc) is 3.11. The molecule has 0 aliphatic rings. The van der Waals surface area contributed by atoms with Gasteiger partial charge in [-0.05, 0) is 45.0 Å². The number of nitrogens with zero attached hydrogens (tertiary/aromatic N) is 4. The minimum Gasteiger partial charge on any atom is -0.498 e. The van der Waals surface area contributed by atoms with Crippen LogP contribution in [0.25, 0.3) is 17.1 Å². The van der Waals surface area contributed by atoms with Crippen molar-refractivity contribution < 1.29 is 9.47 Å². The Kier molecular flexibility index (Phi) is 6.28. The number of rotatable bonds is 8. The molecule has 1 aromatic heterocycles. The minimum atomic E-state index is -0.737. The molecule has 3 aromatic rings. The molecule has 29 heavy (non-hydrogen) atoms. The van der Waals surface area contributed by atoms with E-state index >= 15 is 0 Å². The number of benzene rings is 2. The van der Waals surface area contributed by atoms with Crippen molar-refractivity contribution in [1.29, 1.82) is 0 Å². The van der Waals surface area contributed by atoms with Crippen molar-refractivity contribution >= 4 is 13.8 Å². The summed E-state index contributed by atoms with van der Waals surface area (Å²) in [5.74, 6) is 2.12. The third-order valence-electron chi connectivity index (χ3n) is 4.33. The summed E-state index contributed by atoms with van der Waals surface area (Å²) in [4.78, 5) is 6.82. The van der Waals surface area contributed by atoms with Gasteiger partial charge in [0, 0.05) is 26.3 Å². The number of aromatic nitrogens is 3. The van der Waals surface area contributed by atoms with Gasteiger partial charge in [0.05, 0.1) is 17.8 Å². The number of likely N-dealkylation sites (N-methyl/N-ethyl adjacent to an activating group) is 1. The van der Waals surface area contributed by atoms with Crippen LogP contribution >= 0.6 is 0 Å². The van der Waals surface area contributed by atoms with Gasteiger partial charge in [-0.1, -0.05) is 29.8 Å².